The fraction of sp³-hybridized carbons (Fsp3) is 0.308. The first-order chi connectivity index (χ1) is 8.26. The lowest BCUT2D eigenvalue weighted by Gasteiger charge is -2.07. The molecule has 1 aromatic carbocycles. The van der Waals surface area contributed by atoms with Crippen LogP contribution in [0.25, 0.3) is 5.69 Å². The molecule has 0 aliphatic heterocycles. The Morgan fingerprint density at radius 3 is 2.53 bits per heavy atom. The third kappa shape index (κ3) is 2.47. The second-order valence-corrected chi connectivity index (χ2v) is 4.07. The molecule has 0 spiro atoms. The van der Waals surface area contributed by atoms with Gasteiger partial charge in [0.05, 0.1) is 18.5 Å². The summed E-state index contributed by atoms with van der Waals surface area (Å²) in [5.74, 6) is 1.60. The molecule has 1 aromatic heterocycles. The Bertz CT molecular complexity index is 491. The van der Waals surface area contributed by atoms with Gasteiger partial charge in [-0.3, -0.25) is 0 Å². The lowest BCUT2D eigenvalue weighted by molar-refractivity contribution is 0.340. The van der Waals surface area contributed by atoms with Crippen molar-refractivity contribution in [2.24, 2.45) is 0 Å². The van der Waals surface area contributed by atoms with E-state index in [1.807, 2.05) is 42.1 Å². The van der Waals surface area contributed by atoms with Crippen molar-refractivity contribution in [3.63, 3.8) is 0 Å². The molecule has 0 N–H and O–H groups in total. The molecule has 4 heteroatoms. The van der Waals surface area contributed by atoms with Gasteiger partial charge in [0.25, 0.3) is 0 Å². The van der Waals surface area contributed by atoms with Gasteiger partial charge in [0, 0.05) is 17.0 Å². The molecule has 0 aliphatic carbocycles. The van der Waals surface area contributed by atoms with Gasteiger partial charge in [-0.15, -0.1) is 0 Å². The van der Waals surface area contributed by atoms with E-state index in [4.69, 9.17) is 4.74 Å². The summed E-state index contributed by atoms with van der Waals surface area (Å²) in [7, 11) is 0. The minimum atomic E-state index is 0.684. The molecule has 2 rings (SSSR count). The van der Waals surface area contributed by atoms with Gasteiger partial charge in [-0.1, -0.05) is 0 Å². The molecule has 0 radical (unpaired) electrons. The molecule has 0 bridgehead atoms. The van der Waals surface area contributed by atoms with Crippen molar-refractivity contribution < 1.29 is 4.74 Å². The van der Waals surface area contributed by atoms with Gasteiger partial charge in [-0.25, -0.2) is 4.68 Å². The molecule has 0 fully saturated rings. The quantitative estimate of drug-likeness (QED) is 0.842. The number of nitrogens with zero attached hydrogens (tertiary/aromatic N) is 2. The minimum absolute atomic E-state index is 0.684. The van der Waals surface area contributed by atoms with Crippen molar-refractivity contribution in [2.75, 3.05) is 6.61 Å². The van der Waals surface area contributed by atoms with E-state index in [0.717, 1.165) is 22.7 Å². The van der Waals surface area contributed by atoms with Crippen LogP contribution in [0.2, 0.25) is 0 Å². The highest BCUT2D eigenvalue weighted by Gasteiger charge is 2.06. The van der Waals surface area contributed by atoms with E-state index in [0.29, 0.717) is 12.4 Å². The number of hydrogen-bond acceptors (Lipinski definition) is 3. The van der Waals surface area contributed by atoms with Crippen LogP contribution < -0.4 is 4.74 Å². The van der Waals surface area contributed by atoms with Gasteiger partial charge >= 0.3 is 0 Å². The predicted octanol–water partition coefficient (Wildman–Crippen LogP) is 3.01. The maximum atomic E-state index is 5.41. The number of aromatic nitrogens is 2. The molecule has 0 unspecified atom stereocenters. The van der Waals surface area contributed by atoms with Crippen LogP contribution in [0, 0.1) is 6.92 Å². The summed E-state index contributed by atoms with van der Waals surface area (Å²) in [6.07, 6.45) is 1.86. The van der Waals surface area contributed by atoms with Crippen molar-refractivity contribution in [1.29, 1.82) is 0 Å². The van der Waals surface area contributed by atoms with Crippen LogP contribution in [-0.2, 0) is 5.75 Å². The zero-order chi connectivity index (χ0) is 12.3. The smallest absolute Gasteiger partial charge is 0.119 e. The number of hydrogen-bond donors (Lipinski definition) is 1. The van der Waals surface area contributed by atoms with Gasteiger partial charge in [0.15, 0.2) is 0 Å². The highest BCUT2D eigenvalue weighted by molar-refractivity contribution is 7.79. The Balaban J connectivity index is 2.30. The highest BCUT2D eigenvalue weighted by atomic mass is 32.1. The summed E-state index contributed by atoms with van der Waals surface area (Å²) < 4.78 is 7.33. The van der Waals surface area contributed by atoms with E-state index in [9.17, 15) is 0 Å². The third-order valence-corrected chi connectivity index (χ3v) is 3.01. The van der Waals surface area contributed by atoms with E-state index in [2.05, 4.69) is 24.7 Å². The maximum Gasteiger partial charge on any atom is 0.119 e. The fourth-order valence-corrected chi connectivity index (χ4v) is 2.02. The average molecular weight is 248 g/mol. The van der Waals surface area contributed by atoms with Crippen molar-refractivity contribution in [2.45, 2.75) is 19.6 Å². The first kappa shape index (κ1) is 12.0. The summed E-state index contributed by atoms with van der Waals surface area (Å²) in [6, 6.07) is 7.93. The maximum absolute atomic E-state index is 5.41. The molecular formula is C13H16N2OS. The zero-order valence-electron chi connectivity index (χ0n) is 10.1. The van der Waals surface area contributed by atoms with E-state index in [1.54, 1.807) is 0 Å². The first-order valence-corrected chi connectivity index (χ1v) is 6.27. The predicted molar refractivity (Wildman–Crippen MR) is 72.2 cm³/mol. The molecule has 0 aliphatic rings. The monoisotopic (exact) mass is 248 g/mol. The van der Waals surface area contributed by atoms with Crippen molar-refractivity contribution in [1.82, 2.24) is 9.78 Å². The van der Waals surface area contributed by atoms with Gasteiger partial charge in [0.2, 0.25) is 0 Å². The van der Waals surface area contributed by atoms with Gasteiger partial charge in [0.1, 0.15) is 5.75 Å². The number of thiol groups is 1. The SMILES string of the molecule is CCOc1ccc(-n2ncc(CS)c2C)cc1. The first-order valence-electron chi connectivity index (χ1n) is 5.64. The topological polar surface area (TPSA) is 27.1 Å². The summed E-state index contributed by atoms with van der Waals surface area (Å²) in [5, 5.41) is 4.36. The Hall–Kier alpha value is -1.42. The zero-order valence-corrected chi connectivity index (χ0v) is 10.9. The summed E-state index contributed by atoms with van der Waals surface area (Å²) >= 11 is 4.28. The average Bonchev–Trinajstić information content (AvgIpc) is 2.72. The fourth-order valence-electron chi connectivity index (χ4n) is 1.71. The van der Waals surface area contributed by atoms with Crippen LogP contribution in [0.4, 0.5) is 0 Å². The molecule has 2 aromatic rings. The van der Waals surface area contributed by atoms with Crippen LogP contribution >= 0.6 is 12.6 Å². The second kappa shape index (κ2) is 5.27. The van der Waals surface area contributed by atoms with Crippen molar-refractivity contribution in [3.05, 3.63) is 41.7 Å². The molecule has 90 valence electrons. The van der Waals surface area contributed by atoms with Crippen LogP contribution in [0.15, 0.2) is 30.5 Å². The van der Waals surface area contributed by atoms with E-state index in [-0.39, 0.29) is 0 Å². The molecular weight excluding hydrogens is 232 g/mol. The summed E-state index contributed by atoms with van der Waals surface area (Å²) in [6.45, 7) is 4.71. The molecule has 17 heavy (non-hydrogen) atoms. The number of rotatable bonds is 4. The normalized spacial score (nSPS) is 10.5. The molecule has 0 saturated heterocycles. The summed E-state index contributed by atoms with van der Waals surface area (Å²) in [5.41, 5.74) is 3.32. The second-order valence-electron chi connectivity index (χ2n) is 3.75. The van der Waals surface area contributed by atoms with Crippen molar-refractivity contribution >= 4 is 12.6 Å². The van der Waals surface area contributed by atoms with E-state index in [1.165, 1.54) is 0 Å². The minimum Gasteiger partial charge on any atom is -0.494 e. The molecule has 0 atom stereocenters. The molecule has 3 nitrogen and oxygen atoms in total. The Morgan fingerprint density at radius 1 is 1.29 bits per heavy atom. The largest absolute Gasteiger partial charge is 0.494 e. The summed E-state index contributed by atoms with van der Waals surface area (Å²) in [4.78, 5) is 0. The number of ether oxygens (including phenoxy) is 1. The molecule has 0 amide bonds. The standard InChI is InChI=1S/C13H16N2OS/c1-3-16-13-6-4-12(5-7-13)15-10(2)11(9-17)8-14-15/h4-8,17H,3,9H2,1-2H3. The third-order valence-electron chi connectivity index (χ3n) is 2.67. The highest BCUT2D eigenvalue weighted by Crippen LogP contribution is 2.18. The molecule has 0 saturated carbocycles. The Labute approximate surface area is 107 Å². The van der Waals surface area contributed by atoms with Crippen LogP contribution in [0.1, 0.15) is 18.2 Å². The van der Waals surface area contributed by atoms with Crippen LogP contribution in [0.5, 0.6) is 5.75 Å². The van der Waals surface area contributed by atoms with Gasteiger partial charge < -0.3 is 4.74 Å². The van der Waals surface area contributed by atoms with E-state index < -0.39 is 0 Å². The number of benzene rings is 1. The molecule has 1 heterocycles. The van der Waals surface area contributed by atoms with Gasteiger partial charge in [-0.05, 0) is 38.1 Å². The Kier molecular flexibility index (Phi) is 3.74. The Morgan fingerprint density at radius 2 is 2.00 bits per heavy atom. The van der Waals surface area contributed by atoms with Crippen molar-refractivity contribution in [3.8, 4) is 11.4 Å². The van der Waals surface area contributed by atoms with Crippen LogP contribution in [-0.4, -0.2) is 16.4 Å². The van der Waals surface area contributed by atoms with E-state index >= 15 is 0 Å². The lowest BCUT2D eigenvalue weighted by Crippen LogP contribution is -1.99. The van der Waals surface area contributed by atoms with Gasteiger partial charge in [-0.2, -0.15) is 17.7 Å². The lowest BCUT2D eigenvalue weighted by atomic mass is 10.2. The van der Waals surface area contributed by atoms with Crippen LogP contribution in [0.3, 0.4) is 0 Å².